The lowest BCUT2D eigenvalue weighted by Gasteiger charge is -2.10. The van der Waals surface area contributed by atoms with Gasteiger partial charge in [-0.05, 0) is 59.0 Å². The first-order chi connectivity index (χ1) is 12.7. The fourth-order valence-corrected chi connectivity index (χ4v) is 2.81. The predicted molar refractivity (Wildman–Crippen MR) is 106 cm³/mol. The molecule has 3 nitrogen and oxygen atoms in total. The average molecular weight is 348 g/mol. The molecule has 0 heterocycles. The summed E-state index contributed by atoms with van der Waals surface area (Å²) in [5.74, 6) is 1.52. The van der Waals surface area contributed by atoms with Crippen molar-refractivity contribution in [1.82, 2.24) is 0 Å². The highest BCUT2D eigenvalue weighted by molar-refractivity contribution is 5.74. The molecule has 0 aliphatic rings. The zero-order valence-electron chi connectivity index (χ0n) is 15.2. The highest BCUT2D eigenvalue weighted by Crippen LogP contribution is 2.33. The molecule has 0 aliphatic carbocycles. The number of hydrogen-bond donors (Lipinski definition) is 1. The van der Waals surface area contributed by atoms with E-state index in [0.29, 0.717) is 5.75 Å². The Balaban J connectivity index is 1.83. The van der Waals surface area contributed by atoms with Gasteiger partial charge in [-0.15, -0.1) is 0 Å². The van der Waals surface area contributed by atoms with E-state index >= 15 is 0 Å². The Morgan fingerprint density at radius 1 is 0.808 bits per heavy atom. The molecule has 0 bridgehead atoms. The van der Waals surface area contributed by atoms with Crippen molar-refractivity contribution in [3.8, 4) is 39.5 Å². The van der Waals surface area contributed by atoms with Gasteiger partial charge < -0.3 is 14.6 Å². The molecule has 1 N–H and O–H groups in total. The Bertz CT molecular complexity index is 854. The van der Waals surface area contributed by atoms with Crippen LogP contribution in [0.5, 0.6) is 17.2 Å². The highest BCUT2D eigenvalue weighted by atomic mass is 16.5. The third-order valence-electron chi connectivity index (χ3n) is 4.33. The maximum absolute atomic E-state index is 9.78. The van der Waals surface area contributed by atoms with E-state index in [9.17, 15) is 5.11 Å². The molecule has 0 atom stereocenters. The number of phenolic OH excluding ortho intramolecular Hbond substituents is 1. The molecule has 3 aromatic carbocycles. The van der Waals surface area contributed by atoms with Crippen molar-refractivity contribution in [3.05, 3.63) is 66.7 Å². The fraction of sp³-hybridized carbons (Fsp3) is 0.217. The van der Waals surface area contributed by atoms with Gasteiger partial charge in [0.2, 0.25) is 0 Å². The van der Waals surface area contributed by atoms with Crippen molar-refractivity contribution in [3.63, 3.8) is 0 Å². The van der Waals surface area contributed by atoms with Crippen LogP contribution in [0.3, 0.4) is 0 Å². The van der Waals surface area contributed by atoms with E-state index in [1.807, 2.05) is 30.3 Å². The molecule has 134 valence electrons. The summed E-state index contributed by atoms with van der Waals surface area (Å²) < 4.78 is 10.9. The lowest BCUT2D eigenvalue weighted by molar-refractivity contribution is 0.309. The summed E-state index contributed by atoms with van der Waals surface area (Å²) >= 11 is 0. The van der Waals surface area contributed by atoms with Gasteiger partial charge in [-0.1, -0.05) is 49.7 Å². The molecule has 0 spiro atoms. The van der Waals surface area contributed by atoms with E-state index in [2.05, 4.69) is 37.3 Å². The second-order valence-corrected chi connectivity index (χ2v) is 6.19. The molecule has 0 saturated carbocycles. The minimum Gasteiger partial charge on any atom is -0.504 e. The molecule has 0 fully saturated rings. The summed E-state index contributed by atoms with van der Waals surface area (Å²) in [7, 11) is 1.55. The van der Waals surface area contributed by atoms with Crippen LogP contribution in [0.1, 0.15) is 19.8 Å². The number of benzene rings is 3. The van der Waals surface area contributed by atoms with Crippen molar-refractivity contribution in [2.75, 3.05) is 13.7 Å². The lowest BCUT2D eigenvalue weighted by atomic mass is 9.99. The fourth-order valence-electron chi connectivity index (χ4n) is 2.81. The van der Waals surface area contributed by atoms with Crippen molar-refractivity contribution in [2.45, 2.75) is 19.8 Å². The number of rotatable bonds is 7. The van der Waals surface area contributed by atoms with E-state index < -0.39 is 0 Å². The minimum absolute atomic E-state index is 0.145. The Hall–Kier alpha value is -2.94. The molecular weight excluding hydrogens is 324 g/mol. The van der Waals surface area contributed by atoms with Gasteiger partial charge in [0.25, 0.3) is 0 Å². The second-order valence-electron chi connectivity index (χ2n) is 6.19. The van der Waals surface area contributed by atoms with Gasteiger partial charge in [-0.25, -0.2) is 0 Å². The van der Waals surface area contributed by atoms with Crippen molar-refractivity contribution in [2.24, 2.45) is 0 Å². The first-order valence-electron chi connectivity index (χ1n) is 8.92. The largest absolute Gasteiger partial charge is 0.504 e. The van der Waals surface area contributed by atoms with Crippen molar-refractivity contribution < 1.29 is 14.6 Å². The number of aromatic hydroxyl groups is 1. The summed E-state index contributed by atoms with van der Waals surface area (Å²) in [5, 5.41) is 9.78. The van der Waals surface area contributed by atoms with Crippen LogP contribution in [-0.4, -0.2) is 18.8 Å². The maximum Gasteiger partial charge on any atom is 0.161 e. The number of hydrogen-bond acceptors (Lipinski definition) is 3. The first kappa shape index (κ1) is 17.9. The number of ether oxygens (including phenoxy) is 2. The van der Waals surface area contributed by atoms with Crippen LogP contribution in [0, 0.1) is 0 Å². The topological polar surface area (TPSA) is 38.7 Å². The van der Waals surface area contributed by atoms with Crippen LogP contribution in [-0.2, 0) is 0 Å². The van der Waals surface area contributed by atoms with Crippen molar-refractivity contribution in [1.29, 1.82) is 0 Å². The zero-order valence-corrected chi connectivity index (χ0v) is 15.2. The van der Waals surface area contributed by atoms with Crippen molar-refractivity contribution >= 4 is 0 Å². The van der Waals surface area contributed by atoms with Crippen LogP contribution < -0.4 is 9.47 Å². The van der Waals surface area contributed by atoms with E-state index in [-0.39, 0.29) is 5.75 Å². The molecule has 0 unspecified atom stereocenters. The van der Waals surface area contributed by atoms with Gasteiger partial charge in [0, 0.05) is 0 Å². The number of phenols is 1. The molecule has 0 aliphatic heterocycles. The van der Waals surface area contributed by atoms with Crippen LogP contribution in [0.25, 0.3) is 22.3 Å². The van der Waals surface area contributed by atoms with E-state index in [1.165, 1.54) is 0 Å². The number of methoxy groups -OCH3 is 1. The number of unbranched alkanes of at least 4 members (excludes halogenated alkanes) is 1. The van der Waals surface area contributed by atoms with Crippen LogP contribution in [0.4, 0.5) is 0 Å². The monoisotopic (exact) mass is 348 g/mol. The maximum atomic E-state index is 9.78. The normalized spacial score (nSPS) is 10.5. The minimum atomic E-state index is 0.145. The molecule has 0 aromatic heterocycles. The van der Waals surface area contributed by atoms with E-state index in [4.69, 9.17) is 9.47 Å². The Morgan fingerprint density at radius 2 is 1.46 bits per heavy atom. The molecule has 0 amide bonds. The highest BCUT2D eigenvalue weighted by Gasteiger charge is 2.06. The molecule has 0 saturated heterocycles. The molecular formula is C23H24O3. The predicted octanol–water partition coefficient (Wildman–Crippen LogP) is 5.91. The lowest BCUT2D eigenvalue weighted by Crippen LogP contribution is -1.95. The summed E-state index contributed by atoms with van der Waals surface area (Å²) in [5.41, 5.74) is 4.35. The van der Waals surface area contributed by atoms with Gasteiger partial charge in [0.1, 0.15) is 5.75 Å². The molecule has 26 heavy (non-hydrogen) atoms. The van der Waals surface area contributed by atoms with Crippen LogP contribution >= 0.6 is 0 Å². The first-order valence-corrected chi connectivity index (χ1v) is 8.92. The van der Waals surface area contributed by atoms with Gasteiger partial charge in [0.05, 0.1) is 13.7 Å². The molecule has 3 aromatic rings. The average Bonchev–Trinajstić information content (AvgIpc) is 2.69. The van der Waals surface area contributed by atoms with Gasteiger partial charge in [-0.2, -0.15) is 0 Å². The Morgan fingerprint density at radius 3 is 2.15 bits per heavy atom. The van der Waals surface area contributed by atoms with Crippen LogP contribution in [0.15, 0.2) is 66.7 Å². The summed E-state index contributed by atoms with van der Waals surface area (Å²) in [4.78, 5) is 0. The third-order valence-corrected chi connectivity index (χ3v) is 4.33. The quantitative estimate of drug-likeness (QED) is 0.539. The Labute approximate surface area is 154 Å². The summed E-state index contributed by atoms with van der Waals surface area (Å²) in [6.45, 7) is 2.91. The smallest absolute Gasteiger partial charge is 0.161 e. The van der Waals surface area contributed by atoms with Crippen LogP contribution in [0.2, 0.25) is 0 Å². The standard InChI is InChI=1S/C23H24O3/c1-3-4-14-26-21-11-8-17(9-12-21)18-6-5-7-19(15-18)20-10-13-22(24)23(16-20)25-2/h5-13,15-16,24H,3-4,14H2,1-2H3. The molecule has 0 radical (unpaired) electrons. The van der Waals surface area contributed by atoms with E-state index in [0.717, 1.165) is 47.5 Å². The van der Waals surface area contributed by atoms with Gasteiger partial charge in [-0.3, -0.25) is 0 Å². The third kappa shape index (κ3) is 4.17. The summed E-state index contributed by atoms with van der Waals surface area (Å²) in [6, 6.07) is 21.9. The second kappa shape index (κ2) is 8.43. The van der Waals surface area contributed by atoms with E-state index in [1.54, 1.807) is 13.2 Å². The molecule has 3 rings (SSSR count). The van der Waals surface area contributed by atoms with Gasteiger partial charge >= 0.3 is 0 Å². The van der Waals surface area contributed by atoms with Gasteiger partial charge in [0.15, 0.2) is 11.5 Å². The Kier molecular flexibility index (Phi) is 5.80. The molecule has 3 heteroatoms. The zero-order chi connectivity index (χ0) is 18.4. The SMILES string of the molecule is CCCCOc1ccc(-c2cccc(-c3ccc(O)c(OC)c3)c2)cc1. The summed E-state index contributed by atoms with van der Waals surface area (Å²) in [6.07, 6.45) is 2.20.